The van der Waals surface area contributed by atoms with Gasteiger partial charge in [-0.1, -0.05) is 26.0 Å². The first-order valence-corrected chi connectivity index (χ1v) is 9.30. The van der Waals surface area contributed by atoms with Crippen LogP contribution in [0.3, 0.4) is 0 Å². The fourth-order valence-electron chi connectivity index (χ4n) is 3.13. The molecule has 1 saturated heterocycles. The van der Waals surface area contributed by atoms with Gasteiger partial charge in [0.15, 0.2) is 0 Å². The van der Waals surface area contributed by atoms with E-state index in [0.29, 0.717) is 24.4 Å². The predicted octanol–water partition coefficient (Wildman–Crippen LogP) is 2.18. The largest absolute Gasteiger partial charge is 0.355 e. The summed E-state index contributed by atoms with van der Waals surface area (Å²) in [5.74, 6) is 0.172. The van der Waals surface area contributed by atoms with Crippen LogP contribution in [0.4, 0.5) is 4.79 Å². The first-order valence-electron chi connectivity index (χ1n) is 9.30. The summed E-state index contributed by atoms with van der Waals surface area (Å²) in [5, 5.41) is 5.43. The van der Waals surface area contributed by atoms with Crippen molar-refractivity contribution in [2.24, 2.45) is 5.92 Å². The lowest BCUT2D eigenvalue weighted by atomic mass is 9.92. The molecule has 0 radical (unpaired) electrons. The minimum absolute atomic E-state index is 0.130. The van der Waals surface area contributed by atoms with Gasteiger partial charge in [0.25, 0.3) is 11.8 Å². The number of hydrogen-bond acceptors (Lipinski definition) is 4. The highest BCUT2D eigenvalue weighted by molar-refractivity contribution is 6.06. The zero-order valence-electron chi connectivity index (χ0n) is 16.8. The van der Waals surface area contributed by atoms with Gasteiger partial charge in [-0.05, 0) is 50.4 Å². The lowest BCUT2D eigenvalue weighted by Crippen LogP contribution is -2.45. The number of urea groups is 1. The van der Waals surface area contributed by atoms with Gasteiger partial charge >= 0.3 is 6.03 Å². The van der Waals surface area contributed by atoms with Gasteiger partial charge in [-0.15, -0.1) is 0 Å². The van der Waals surface area contributed by atoms with E-state index in [4.69, 9.17) is 0 Å². The number of hydrogen-bond donors (Lipinski definition) is 2. The molecule has 2 rings (SSSR count). The molecular formula is C20H30N4O3. The molecular weight excluding hydrogens is 344 g/mol. The number of imide groups is 1. The van der Waals surface area contributed by atoms with Crippen LogP contribution in [0.5, 0.6) is 0 Å². The number of nitrogens with one attached hydrogen (secondary N) is 2. The molecule has 1 aromatic rings. The molecule has 1 aliphatic rings. The smallest absolute Gasteiger partial charge is 0.326 e. The van der Waals surface area contributed by atoms with Crippen molar-refractivity contribution < 1.29 is 14.4 Å². The van der Waals surface area contributed by atoms with Crippen LogP contribution in [0.25, 0.3) is 0 Å². The topological polar surface area (TPSA) is 81.8 Å². The molecule has 0 saturated carbocycles. The molecule has 1 aliphatic heterocycles. The molecule has 1 heterocycles. The molecule has 2 N–H and O–H groups in total. The second-order valence-corrected chi connectivity index (χ2v) is 7.86. The van der Waals surface area contributed by atoms with E-state index >= 15 is 0 Å². The van der Waals surface area contributed by atoms with Crippen molar-refractivity contribution in [1.29, 1.82) is 0 Å². The van der Waals surface area contributed by atoms with Gasteiger partial charge in [0.2, 0.25) is 0 Å². The maximum atomic E-state index is 12.8. The summed E-state index contributed by atoms with van der Waals surface area (Å²) in [6, 6.07) is 6.93. The Balaban J connectivity index is 1.96. The fraction of sp³-hybridized carbons (Fsp3) is 0.550. The first kappa shape index (κ1) is 20.9. The quantitative estimate of drug-likeness (QED) is 0.684. The molecule has 1 fully saturated rings. The normalized spacial score (nSPS) is 19.7. The van der Waals surface area contributed by atoms with Crippen molar-refractivity contribution in [3.63, 3.8) is 0 Å². The Kier molecular flexibility index (Phi) is 6.59. The van der Waals surface area contributed by atoms with Crippen molar-refractivity contribution in [1.82, 2.24) is 20.4 Å². The lowest BCUT2D eigenvalue weighted by molar-refractivity contribution is -0.132. The SMILES string of the molecule is CNC(=O)c1ccc(CN(C)CN2C(=O)N[C@](C)(CCC(C)C)C2=O)cc1. The van der Waals surface area contributed by atoms with E-state index in [2.05, 4.69) is 24.5 Å². The van der Waals surface area contributed by atoms with E-state index in [1.165, 1.54) is 4.90 Å². The maximum Gasteiger partial charge on any atom is 0.326 e. The Morgan fingerprint density at radius 2 is 1.89 bits per heavy atom. The molecule has 7 nitrogen and oxygen atoms in total. The van der Waals surface area contributed by atoms with Gasteiger partial charge in [-0.3, -0.25) is 14.5 Å². The molecule has 148 valence electrons. The third-order valence-electron chi connectivity index (χ3n) is 4.85. The molecule has 7 heteroatoms. The Morgan fingerprint density at radius 3 is 2.44 bits per heavy atom. The van der Waals surface area contributed by atoms with E-state index in [1.807, 2.05) is 24.1 Å². The summed E-state index contributed by atoms with van der Waals surface area (Å²) in [5.41, 5.74) is 0.774. The number of amides is 4. The summed E-state index contributed by atoms with van der Waals surface area (Å²) in [4.78, 5) is 39.8. The molecule has 27 heavy (non-hydrogen) atoms. The van der Waals surface area contributed by atoms with E-state index in [0.717, 1.165) is 12.0 Å². The van der Waals surface area contributed by atoms with Crippen LogP contribution < -0.4 is 10.6 Å². The molecule has 0 spiro atoms. The summed E-state index contributed by atoms with van der Waals surface area (Å²) in [6.07, 6.45) is 1.51. The van der Waals surface area contributed by atoms with Gasteiger partial charge in [-0.25, -0.2) is 9.69 Å². The van der Waals surface area contributed by atoms with E-state index in [-0.39, 0.29) is 24.5 Å². The summed E-state index contributed by atoms with van der Waals surface area (Å²) >= 11 is 0. The third-order valence-corrected chi connectivity index (χ3v) is 4.85. The maximum absolute atomic E-state index is 12.8. The first-order chi connectivity index (χ1) is 12.7. The Bertz CT molecular complexity index is 702. The number of carbonyl (C=O) groups is 3. The molecule has 0 unspecified atom stereocenters. The van der Waals surface area contributed by atoms with Gasteiger partial charge in [0.1, 0.15) is 5.54 Å². The van der Waals surface area contributed by atoms with Crippen molar-refractivity contribution in [3.8, 4) is 0 Å². The van der Waals surface area contributed by atoms with Crippen LogP contribution in [0, 0.1) is 5.92 Å². The minimum Gasteiger partial charge on any atom is -0.355 e. The highest BCUT2D eigenvalue weighted by Crippen LogP contribution is 2.25. The number of nitrogens with zero attached hydrogens (tertiary/aromatic N) is 2. The Labute approximate surface area is 161 Å². The van der Waals surface area contributed by atoms with E-state index in [9.17, 15) is 14.4 Å². The van der Waals surface area contributed by atoms with Crippen molar-refractivity contribution in [2.45, 2.75) is 45.7 Å². The predicted molar refractivity (Wildman–Crippen MR) is 104 cm³/mol. The second-order valence-electron chi connectivity index (χ2n) is 7.86. The molecule has 4 amide bonds. The standard InChI is InChI=1S/C20H30N4O3/c1-14(2)10-11-20(3)18(26)24(19(27)22-20)13-23(5)12-15-6-8-16(9-7-15)17(25)21-4/h6-9,14H,10-13H2,1-5H3,(H,21,25)(H,22,27)/t20-/m1/s1. The van der Waals surface area contributed by atoms with Crippen molar-refractivity contribution in [3.05, 3.63) is 35.4 Å². The van der Waals surface area contributed by atoms with Crippen LogP contribution in [0.15, 0.2) is 24.3 Å². The summed E-state index contributed by atoms with van der Waals surface area (Å²) < 4.78 is 0. The van der Waals surface area contributed by atoms with Crippen LogP contribution in [-0.2, 0) is 11.3 Å². The van der Waals surface area contributed by atoms with Gasteiger partial charge in [0.05, 0.1) is 6.67 Å². The zero-order chi connectivity index (χ0) is 20.2. The third kappa shape index (κ3) is 5.07. The molecule has 1 aromatic carbocycles. The average molecular weight is 374 g/mol. The molecule has 0 aliphatic carbocycles. The van der Waals surface area contributed by atoms with Crippen molar-refractivity contribution in [2.75, 3.05) is 20.8 Å². The molecule has 1 atom stereocenters. The minimum atomic E-state index is -0.822. The van der Waals surface area contributed by atoms with Gasteiger partial charge < -0.3 is 10.6 Å². The Hall–Kier alpha value is -2.41. The number of benzene rings is 1. The highest BCUT2D eigenvalue weighted by Gasteiger charge is 2.47. The fourth-order valence-corrected chi connectivity index (χ4v) is 3.13. The summed E-state index contributed by atoms with van der Waals surface area (Å²) in [7, 11) is 3.45. The monoisotopic (exact) mass is 374 g/mol. The average Bonchev–Trinajstić information content (AvgIpc) is 2.83. The van der Waals surface area contributed by atoms with E-state index in [1.54, 1.807) is 26.1 Å². The highest BCUT2D eigenvalue weighted by atomic mass is 16.2. The van der Waals surface area contributed by atoms with Gasteiger partial charge in [0, 0.05) is 19.2 Å². The number of rotatable bonds is 8. The Morgan fingerprint density at radius 1 is 1.26 bits per heavy atom. The second kappa shape index (κ2) is 8.52. The number of carbonyl (C=O) groups excluding carboxylic acids is 3. The van der Waals surface area contributed by atoms with E-state index < -0.39 is 5.54 Å². The van der Waals surface area contributed by atoms with Crippen LogP contribution >= 0.6 is 0 Å². The molecule has 0 aromatic heterocycles. The summed E-state index contributed by atoms with van der Waals surface area (Å²) in [6.45, 7) is 6.79. The van der Waals surface area contributed by atoms with Crippen LogP contribution in [0.1, 0.15) is 49.5 Å². The van der Waals surface area contributed by atoms with Crippen LogP contribution in [0.2, 0.25) is 0 Å². The lowest BCUT2D eigenvalue weighted by Gasteiger charge is -2.25. The molecule has 0 bridgehead atoms. The zero-order valence-corrected chi connectivity index (χ0v) is 16.8. The van der Waals surface area contributed by atoms with Gasteiger partial charge in [-0.2, -0.15) is 0 Å². The van der Waals surface area contributed by atoms with Crippen molar-refractivity contribution >= 4 is 17.8 Å². The van der Waals surface area contributed by atoms with Crippen LogP contribution in [-0.4, -0.2) is 53.9 Å².